The van der Waals surface area contributed by atoms with Crippen LogP contribution in [0.3, 0.4) is 0 Å². The third kappa shape index (κ3) is 3.43. The number of furan rings is 1. The summed E-state index contributed by atoms with van der Waals surface area (Å²) in [5, 5.41) is 5.47. The van der Waals surface area contributed by atoms with Crippen molar-refractivity contribution < 1.29 is 4.42 Å². The third-order valence-electron chi connectivity index (χ3n) is 4.59. The molecule has 3 heterocycles. The van der Waals surface area contributed by atoms with E-state index < -0.39 is 0 Å². The van der Waals surface area contributed by atoms with Crippen molar-refractivity contribution >= 4 is 45.6 Å². The molecule has 0 saturated carbocycles. The lowest BCUT2D eigenvalue weighted by Crippen LogP contribution is -2.23. The SMILES string of the molecule is Cc1ccc(-c2nc3sc(=Cc4ccc(-c5cc(Cl)ccc5Cl)o4)c(=O)n3n2)cc1. The lowest BCUT2D eigenvalue weighted by Gasteiger charge is -2.00. The van der Waals surface area contributed by atoms with Crippen molar-refractivity contribution in [2.75, 3.05) is 0 Å². The number of fused-ring (bicyclic) bond motifs is 1. The van der Waals surface area contributed by atoms with Gasteiger partial charge in [0.2, 0.25) is 4.96 Å². The standard InChI is InChI=1S/C22H13Cl2N3O2S/c1-12-2-4-13(5-3-12)20-25-22-27(26-20)21(28)19(30-22)11-15-7-9-18(29-15)16-10-14(23)6-8-17(16)24/h2-11H,1H3. The number of hydrogen-bond acceptors (Lipinski definition) is 5. The first-order valence-corrected chi connectivity index (χ1v) is 10.6. The summed E-state index contributed by atoms with van der Waals surface area (Å²) >= 11 is 13.6. The number of benzene rings is 2. The molecule has 0 bridgehead atoms. The zero-order valence-corrected chi connectivity index (χ0v) is 17.9. The van der Waals surface area contributed by atoms with E-state index in [-0.39, 0.29) is 5.56 Å². The second-order valence-corrected chi connectivity index (χ2v) is 8.59. The Morgan fingerprint density at radius 3 is 2.63 bits per heavy atom. The highest BCUT2D eigenvalue weighted by Crippen LogP contribution is 2.32. The minimum Gasteiger partial charge on any atom is -0.457 e. The van der Waals surface area contributed by atoms with Gasteiger partial charge in [-0.1, -0.05) is 64.4 Å². The van der Waals surface area contributed by atoms with Gasteiger partial charge in [0.25, 0.3) is 5.56 Å². The molecule has 0 aliphatic heterocycles. The van der Waals surface area contributed by atoms with Crippen molar-refractivity contribution in [3.05, 3.63) is 90.9 Å². The number of aromatic nitrogens is 3. The van der Waals surface area contributed by atoms with Gasteiger partial charge in [0.1, 0.15) is 16.1 Å². The summed E-state index contributed by atoms with van der Waals surface area (Å²) in [6.07, 6.45) is 1.68. The van der Waals surface area contributed by atoms with Crippen LogP contribution < -0.4 is 10.1 Å². The molecule has 2 aromatic carbocycles. The van der Waals surface area contributed by atoms with Crippen LogP contribution in [-0.2, 0) is 0 Å². The third-order valence-corrected chi connectivity index (χ3v) is 6.11. The fourth-order valence-corrected chi connectivity index (χ4v) is 4.32. The maximum atomic E-state index is 12.8. The fourth-order valence-electron chi connectivity index (χ4n) is 3.05. The molecule has 0 fully saturated rings. The topological polar surface area (TPSA) is 60.4 Å². The zero-order chi connectivity index (χ0) is 20.8. The lowest BCUT2D eigenvalue weighted by molar-refractivity contribution is 0.571. The van der Waals surface area contributed by atoms with Gasteiger partial charge in [0, 0.05) is 22.2 Å². The largest absolute Gasteiger partial charge is 0.457 e. The molecule has 0 aliphatic carbocycles. The summed E-state index contributed by atoms with van der Waals surface area (Å²) in [4.78, 5) is 17.8. The molecule has 3 aromatic heterocycles. The molecule has 0 radical (unpaired) electrons. The molecule has 0 N–H and O–H groups in total. The van der Waals surface area contributed by atoms with Crippen molar-refractivity contribution in [2.45, 2.75) is 6.92 Å². The van der Waals surface area contributed by atoms with Gasteiger partial charge in [-0.15, -0.1) is 5.10 Å². The van der Waals surface area contributed by atoms with Gasteiger partial charge in [-0.25, -0.2) is 0 Å². The lowest BCUT2D eigenvalue weighted by atomic mass is 10.1. The molecule has 5 rings (SSSR count). The Morgan fingerprint density at radius 1 is 1.07 bits per heavy atom. The molecule has 0 spiro atoms. The molecule has 0 amide bonds. The van der Waals surface area contributed by atoms with Crippen LogP contribution in [0.4, 0.5) is 0 Å². The predicted molar refractivity (Wildman–Crippen MR) is 120 cm³/mol. The second-order valence-electron chi connectivity index (χ2n) is 6.74. The number of thiazole rings is 1. The first-order chi connectivity index (χ1) is 14.5. The van der Waals surface area contributed by atoms with Crippen LogP contribution in [0.5, 0.6) is 0 Å². The molecule has 8 heteroatoms. The summed E-state index contributed by atoms with van der Waals surface area (Å²) in [6, 6.07) is 16.6. The average Bonchev–Trinajstić information content (AvgIpc) is 3.42. The van der Waals surface area contributed by atoms with E-state index in [1.165, 1.54) is 15.9 Å². The highest BCUT2D eigenvalue weighted by Gasteiger charge is 2.13. The molecule has 0 aliphatic rings. The first-order valence-electron chi connectivity index (χ1n) is 9.01. The van der Waals surface area contributed by atoms with Crippen LogP contribution in [-0.4, -0.2) is 14.6 Å². The summed E-state index contributed by atoms with van der Waals surface area (Å²) < 4.78 is 7.67. The van der Waals surface area contributed by atoms with E-state index in [1.54, 1.807) is 36.4 Å². The first kappa shape index (κ1) is 19.1. The Labute approximate surface area is 184 Å². The van der Waals surface area contributed by atoms with Gasteiger partial charge in [-0.2, -0.15) is 9.50 Å². The van der Waals surface area contributed by atoms with E-state index in [9.17, 15) is 4.79 Å². The minimum atomic E-state index is -0.236. The van der Waals surface area contributed by atoms with Crippen molar-refractivity contribution in [2.24, 2.45) is 0 Å². The highest BCUT2D eigenvalue weighted by molar-refractivity contribution is 7.15. The van der Waals surface area contributed by atoms with Crippen molar-refractivity contribution in [3.63, 3.8) is 0 Å². The monoisotopic (exact) mass is 453 g/mol. The maximum absolute atomic E-state index is 12.8. The van der Waals surface area contributed by atoms with E-state index in [4.69, 9.17) is 27.6 Å². The number of aryl methyl sites for hydroxylation is 1. The Hall–Kier alpha value is -2.93. The van der Waals surface area contributed by atoms with Crippen molar-refractivity contribution in [1.29, 1.82) is 0 Å². The van der Waals surface area contributed by atoms with Crippen LogP contribution in [0.2, 0.25) is 10.0 Å². The van der Waals surface area contributed by atoms with Gasteiger partial charge in [-0.3, -0.25) is 4.79 Å². The van der Waals surface area contributed by atoms with E-state index >= 15 is 0 Å². The van der Waals surface area contributed by atoms with Crippen LogP contribution in [0, 0.1) is 6.92 Å². The van der Waals surface area contributed by atoms with Gasteiger partial charge in [-0.05, 0) is 37.3 Å². The van der Waals surface area contributed by atoms with Gasteiger partial charge < -0.3 is 4.42 Å². The Bertz CT molecular complexity index is 1500. The van der Waals surface area contributed by atoms with Crippen LogP contribution in [0.15, 0.2) is 63.8 Å². The van der Waals surface area contributed by atoms with Crippen LogP contribution in [0.25, 0.3) is 33.7 Å². The number of halogens is 2. The molecular weight excluding hydrogens is 441 g/mol. The summed E-state index contributed by atoms with van der Waals surface area (Å²) in [7, 11) is 0. The van der Waals surface area contributed by atoms with Gasteiger partial charge in [0.05, 0.1) is 5.02 Å². The molecule has 5 nitrogen and oxygen atoms in total. The fraction of sp³-hybridized carbons (Fsp3) is 0.0455. The summed E-state index contributed by atoms with van der Waals surface area (Å²) in [6.45, 7) is 2.02. The number of rotatable bonds is 3. The van der Waals surface area contributed by atoms with Crippen molar-refractivity contribution in [3.8, 4) is 22.7 Å². The molecule has 0 unspecified atom stereocenters. The van der Waals surface area contributed by atoms with Gasteiger partial charge in [0.15, 0.2) is 5.82 Å². The molecule has 0 saturated heterocycles. The maximum Gasteiger partial charge on any atom is 0.291 e. The molecule has 30 heavy (non-hydrogen) atoms. The predicted octanol–water partition coefficient (Wildman–Crippen LogP) is 5.24. The second kappa shape index (κ2) is 7.40. The Morgan fingerprint density at radius 2 is 1.87 bits per heavy atom. The summed E-state index contributed by atoms with van der Waals surface area (Å²) in [5.74, 6) is 1.63. The minimum absolute atomic E-state index is 0.236. The highest BCUT2D eigenvalue weighted by atomic mass is 35.5. The zero-order valence-electron chi connectivity index (χ0n) is 15.6. The molecule has 148 valence electrons. The molecule has 0 atom stereocenters. The number of hydrogen-bond donors (Lipinski definition) is 0. The van der Waals surface area contributed by atoms with E-state index in [1.807, 2.05) is 31.2 Å². The van der Waals surface area contributed by atoms with Crippen molar-refractivity contribution in [1.82, 2.24) is 14.6 Å². The van der Waals surface area contributed by atoms with E-state index in [2.05, 4.69) is 10.1 Å². The van der Waals surface area contributed by atoms with E-state index in [0.717, 1.165) is 11.1 Å². The van der Waals surface area contributed by atoms with Gasteiger partial charge >= 0.3 is 0 Å². The van der Waals surface area contributed by atoms with Crippen LogP contribution >= 0.6 is 34.5 Å². The smallest absolute Gasteiger partial charge is 0.291 e. The molecular formula is C22H13Cl2N3O2S. The quantitative estimate of drug-likeness (QED) is 0.374. The molecule has 5 aromatic rings. The van der Waals surface area contributed by atoms with E-state index in [0.29, 0.717) is 42.4 Å². The Balaban J connectivity index is 1.52. The Kier molecular flexibility index (Phi) is 4.70. The average molecular weight is 454 g/mol. The van der Waals surface area contributed by atoms with Crippen LogP contribution in [0.1, 0.15) is 11.3 Å². The number of nitrogens with zero attached hydrogens (tertiary/aromatic N) is 3. The normalized spacial score (nSPS) is 12.2. The summed E-state index contributed by atoms with van der Waals surface area (Å²) in [5.41, 5.74) is 2.48.